The van der Waals surface area contributed by atoms with Crippen molar-refractivity contribution >= 4 is 22.6 Å². The molecule has 8 heteroatoms. The summed E-state index contributed by atoms with van der Waals surface area (Å²) in [7, 11) is 1.88. The highest BCUT2D eigenvalue weighted by Crippen LogP contribution is 2.20. The van der Waals surface area contributed by atoms with Gasteiger partial charge >= 0.3 is 0 Å². The number of likely N-dealkylation sites (tertiary alicyclic amines) is 1. The second-order valence-electron chi connectivity index (χ2n) is 8.33. The number of nitrogens with zero attached hydrogens (tertiary/aromatic N) is 6. The number of aliphatic imine (C=N–C) groups is 1. The van der Waals surface area contributed by atoms with Gasteiger partial charge in [-0.1, -0.05) is 37.6 Å². The third-order valence-electron chi connectivity index (χ3n) is 6.23. The molecular formula is C23H35N7S. The van der Waals surface area contributed by atoms with E-state index in [4.69, 9.17) is 0 Å². The van der Waals surface area contributed by atoms with Gasteiger partial charge in [-0.15, -0.1) is 0 Å². The van der Waals surface area contributed by atoms with Gasteiger partial charge in [0.2, 0.25) is 5.13 Å². The van der Waals surface area contributed by atoms with E-state index in [2.05, 4.69) is 65.6 Å². The van der Waals surface area contributed by atoms with Crippen LogP contribution in [0.4, 0.5) is 5.13 Å². The molecule has 0 radical (unpaired) electrons. The Morgan fingerprint density at radius 3 is 2.45 bits per heavy atom. The maximum atomic E-state index is 4.64. The van der Waals surface area contributed by atoms with Crippen LogP contribution in [0.1, 0.15) is 43.1 Å². The van der Waals surface area contributed by atoms with Crippen LogP contribution in [0.15, 0.2) is 29.3 Å². The van der Waals surface area contributed by atoms with Crippen molar-refractivity contribution in [1.29, 1.82) is 0 Å². The first-order valence-corrected chi connectivity index (χ1v) is 12.4. The van der Waals surface area contributed by atoms with E-state index in [-0.39, 0.29) is 0 Å². The first-order chi connectivity index (χ1) is 15.3. The molecule has 1 aromatic heterocycles. The van der Waals surface area contributed by atoms with E-state index in [1.54, 1.807) is 0 Å². The average molecular weight is 442 g/mol. The quantitative estimate of drug-likeness (QED) is 0.549. The monoisotopic (exact) mass is 441 g/mol. The maximum Gasteiger partial charge on any atom is 0.205 e. The molecule has 2 aliphatic heterocycles. The molecule has 0 bridgehead atoms. The molecule has 2 aromatic rings. The third-order valence-corrected chi connectivity index (χ3v) is 7.05. The summed E-state index contributed by atoms with van der Waals surface area (Å²) in [6, 6.07) is 8.83. The number of rotatable bonds is 6. The van der Waals surface area contributed by atoms with Crippen LogP contribution in [0.3, 0.4) is 0 Å². The van der Waals surface area contributed by atoms with E-state index in [1.165, 1.54) is 55.0 Å². The highest BCUT2D eigenvalue weighted by Gasteiger charge is 2.22. The molecule has 3 heterocycles. The topological polar surface area (TPSA) is 59.9 Å². The van der Waals surface area contributed by atoms with Crippen LogP contribution < -0.4 is 10.2 Å². The smallest absolute Gasteiger partial charge is 0.205 e. The fourth-order valence-corrected chi connectivity index (χ4v) is 5.18. The van der Waals surface area contributed by atoms with Crippen molar-refractivity contribution < 1.29 is 0 Å². The zero-order chi connectivity index (χ0) is 21.5. The van der Waals surface area contributed by atoms with Gasteiger partial charge in [0, 0.05) is 64.3 Å². The summed E-state index contributed by atoms with van der Waals surface area (Å²) in [5.74, 6) is 1.93. The second kappa shape index (κ2) is 10.9. The third kappa shape index (κ3) is 5.74. The van der Waals surface area contributed by atoms with Gasteiger partial charge < -0.3 is 15.1 Å². The molecule has 0 unspecified atom stereocenters. The molecule has 168 valence electrons. The minimum Gasteiger partial charge on any atom is -0.352 e. The number of hydrogen-bond donors (Lipinski definition) is 1. The lowest BCUT2D eigenvalue weighted by Gasteiger charge is -2.36. The molecule has 0 amide bonds. The molecule has 0 spiro atoms. The first kappa shape index (κ1) is 22.0. The summed E-state index contributed by atoms with van der Waals surface area (Å²) in [6.45, 7) is 10.2. The van der Waals surface area contributed by atoms with E-state index >= 15 is 0 Å². The zero-order valence-corrected chi connectivity index (χ0v) is 19.7. The highest BCUT2D eigenvalue weighted by atomic mass is 32.1. The molecule has 0 saturated carbocycles. The van der Waals surface area contributed by atoms with Gasteiger partial charge in [0.05, 0.1) is 0 Å². The normalized spacial score (nSPS) is 18.5. The van der Waals surface area contributed by atoms with E-state index in [9.17, 15) is 0 Å². The molecule has 0 aliphatic carbocycles. The largest absolute Gasteiger partial charge is 0.352 e. The summed E-state index contributed by atoms with van der Waals surface area (Å²) in [4.78, 5) is 16.5. The van der Waals surface area contributed by atoms with E-state index < -0.39 is 0 Å². The van der Waals surface area contributed by atoms with Gasteiger partial charge in [-0.3, -0.25) is 9.89 Å². The van der Waals surface area contributed by atoms with E-state index in [0.717, 1.165) is 62.6 Å². The van der Waals surface area contributed by atoms with Crippen LogP contribution in [0, 0.1) is 0 Å². The van der Waals surface area contributed by atoms with Crippen molar-refractivity contribution in [3.05, 3.63) is 41.2 Å². The lowest BCUT2D eigenvalue weighted by atomic mass is 10.0. The van der Waals surface area contributed by atoms with Crippen LogP contribution in [-0.2, 0) is 19.5 Å². The molecule has 1 aromatic carbocycles. The maximum absolute atomic E-state index is 4.64. The molecule has 7 nitrogen and oxygen atoms in total. The number of aryl methyl sites for hydroxylation is 1. The van der Waals surface area contributed by atoms with Crippen LogP contribution in [-0.4, -0.2) is 71.4 Å². The minimum atomic E-state index is 0.813. The SMILES string of the molecule is CCc1nsc(N2CCN(C(=NC)NCc3ccccc3CN3CCCCC3)CC2)n1. The predicted octanol–water partition coefficient (Wildman–Crippen LogP) is 2.98. The number of benzene rings is 1. The van der Waals surface area contributed by atoms with Crippen molar-refractivity contribution in [2.45, 2.75) is 45.7 Å². The lowest BCUT2D eigenvalue weighted by Crippen LogP contribution is -2.52. The second-order valence-corrected chi connectivity index (χ2v) is 9.06. The summed E-state index contributed by atoms with van der Waals surface area (Å²) < 4.78 is 4.43. The summed E-state index contributed by atoms with van der Waals surface area (Å²) in [6.07, 6.45) is 4.93. The first-order valence-electron chi connectivity index (χ1n) is 11.6. The highest BCUT2D eigenvalue weighted by molar-refractivity contribution is 7.09. The van der Waals surface area contributed by atoms with Crippen LogP contribution in [0.25, 0.3) is 0 Å². The fraction of sp³-hybridized carbons (Fsp3) is 0.609. The van der Waals surface area contributed by atoms with Crippen LogP contribution >= 0.6 is 11.5 Å². The molecule has 2 saturated heterocycles. The van der Waals surface area contributed by atoms with E-state index in [1.807, 2.05) is 7.05 Å². The number of anilines is 1. The number of guanidine groups is 1. The van der Waals surface area contributed by atoms with Crippen molar-refractivity contribution in [3.8, 4) is 0 Å². The molecule has 1 N–H and O–H groups in total. The van der Waals surface area contributed by atoms with Gasteiger partial charge in [0.1, 0.15) is 5.82 Å². The van der Waals surface area contributed by atoms with Crippen molar-refractivity contribution in [2.24, 2.45) is 4.99 Å². The fourth-order valence-electron chi connectivity index (χ4n) is 4.38. The summed E-state index contributed by atoms with van der Waals surface area (Å²) in [5, 5.41) is 4.66. The Labute approximate surface area is 190 Å². The Bertz CT molecular complexity index is 851. The number of aromatic nitrogens is 2. The number of piperazine rings is 1. The summed E-state index contributed by atoms with van der Waals surface area (Å²) in [5.41, 5.74) is 2.80. The summed E-state index contributed by atoms with van der Waals surface area (Å²) >= 11 is 1.52. The van der Waals surface area contributed by atoms with Gasteiger partial charge in [-0.2, -0.15) is 4.37 Å². The minimum absolute atomic E-state index is 0.813. The molecule has 31 heavy (non-hydrogen) atoms. The molecular weight excluding hydrogens is 406 g/mol. The Kier molecular flexibility index (Phi) is 7.75. The van der Waals surface area contributed by atoms with E-state index in [0.29, 0.717) is 0 Å². The molecule has 0 atom stereocenters. The Hall–Kier alpha value is -2.19. The Morgan fingerprint density at radius 1 is 1.03 bits per heavy atom. The lowest BCUT2D eigenvalue weighted by molar-refractivity contribution is 0.220. The predicted molar refractivity (Wildman–Crippen MR) is 129 cm³/mol. The standard InChI is InChI=1S/C23H35N7S/c1-3-21-26-23(31-27-21)30-15-13-29(14-16-30)22(24-2)25-17-19-9-5-6-10-20(19)18-28-11-7-4-8-12-28/h5-6,9-10H,3-4,7-8,11-18H2,1-2H3,(H,24,25). The molecule has 4 rings (SSSR count). The zero-order valence-electron chi connectivity index (χ0n) is 18.9. The van der Waals surface area contributed by atoms with Gasteiger partial charge in [-0.05, 0) is 37.1 Å². The molecule has 2 fully saturated rings. The number of hydrogen-bond acceptors (Lipinski definition) is 6. The van der Waals surface area contributed by atoms with Crippen molar-refractivity contribution in [3.63, 3.8) is 0 Å². The van der Waals surface area contributed by atoms with Crippen LogP contribution in [0.5, 0.6) is 0 Å². The van der Waals surface area contributed by atoms with Gasteiger partial charge in [0.15, 0.2) is 5.96 Å². The van der Waals surface area contributed by atoms with Crippen molar-refractivity contribution in [2.75, 3.05) is 51.2 Å². The Morgan fingerprint density at radius 2 is 1.77 bits per heavy atom. The number of piperidine rings is 1. The Balaban J connectivity index is 1.31. The van der Waals surface area contributed by atoms with Gasteiger partial charge in [0.25, 0.3) is 0 Å². The average Bonchev–Trinajstić information content (AvgIpc) is 3.31. The number of nitrogens with one attached hydrogen (secondary N) is 1. The van der Waals surface area contributed by atoms with Crippen molar-refractivity contribution in [1.82, 2.24) is 24.5 Å². The molecule has 2 aliphatic rings. The van der Waals surface area contributed by atoms with Crippen LogP contribution in [0.2, 0.25) is 0 Å². The van der Waals surface area contributed by atoms with Gasteiger partial charge in [-0.25, -0.2) is 4.98 Å².